The zero-order valence-electron chi connectivity index (χ0n) is 16.9. The molecule has 1 N–H and O–H groups in total. The predicted molar refractivity (Wildman–Crippen MR) is 103 cm³/mol. The van der Waals surface area contributed by atoms with Crippen molar-refractivity contribution in [3.63, 3.8) is 0 Å². The number of fused-ring (bicyclic) bond motifs is 1. The molecule has 0 radical (unpaired) electrons. The summed E-state index contributed by atoms with van der Waals surface area (Å²) in [6, 6.07) is 2.62. The van der Waals surface area contributed by atoms with E-state index in [9.17, 15) is 49.1 Å². The lowest BCUT2D eigenvalue weighted by molar-refractivity contribution is -0.143. The molecule has 3 aromatic rings. The third-order valence-electron chi connectivity index (χ3n) is 4.84. The Labute approximate surface area is 184 Å². The summed E-state index contributed by atoms with van der Waals surface area (Å²) in [4.78, 5) is 25.4. The molecule has 0 aliphatic rings. The maximum Gasteiger partial charge on any atom is 0.416 e. The topological polar surface area (TPSA) is 51.1 Å². The Morgan fingerprint density at radius 3 is 1.82 bits per heavy atom. The van der Waals surface area contributed by atoms with Crippen molar-refractivity contribution in [3.8, 4) is 0 Å². The molecule has 1 aromatic heterocycles. The molecule has 0 saturated heterocycles. The number of amides is 1. The summed E-state index contributed by atoms with van der Waals surface area (Å²) in [5.41, 5.74) is -7.36. The number of benzene rings is 2. The van der Waals surface area contributed by atoms with Crippen molar-refractivity contribution in [1.82, 2.24) is 4.57 Å². The van der Waals surface area contributed by atoms with Gasteiger partial charge in [0, 0.05) is 23.8 Å². The van der Waals surface area contributed by atoms with Crippen LogP contribution < -0.4 is 10.7 Å². The van der Waals surface area contributed by atoms with E-state index in [2.05, 4.69) is 0 Å². The van der Waals surface area contributed by atoms with Gasteiger partial charge in [0.2, 0.25) is 5.43 Å². The number of aromatic nitrogens is 1. The first-order chi connectivity index (χ1) is 15.5. The van der Waals surface area contributed by atoms with Crippen molar-refractivity contribution >= 4 is 22.5 Å². The molecule has 34 heavy (non-hydrogen) atoms. The molecule has 0 saturated carbocycles. The molecule has 4 nitrogen and oxygen atoms in total. The molecular weight excluding hydrogens is 483 g/mol. The number of hydrogen-bond acceptors (Lipinski definition) is 2. The summed E-state index contributed by atoms with van der Waals surface area (Å²) >= 11 is 0. The normalized spacial score (nSPS) is 12.8. The number of nitrogens with one attached hydrogen (secondary N) is 1. The van der Waals surface area contributed by atoms with Gasteiger partial charge in [-0.2, -0.15) is 39.5 Å². The van der Waals surface area contributed by atoms with Crippen LogP contribution in [-0.2, 0) is 25.1 Å². The fourth-order valence-corrected chi connectivity index (χ4v) is 3.22. The highest BCUT2D eigenvalue weighted by Crippen LogP contribution is 2.37. The maximum atomic E-state index is 13.1. The van der Waals surface area contributed by atoms with Gasteiger partial charge >= 0.3 is 18.5 Å². The maximum absolute atomic E-state index is 13.1. The minimum atomic E-state index is -5.17. The number of alkyl halides is 9. The number of hydrogen-bond donors (Lipinski definition) is 1. The Morgan fingerprint density at radius 2 is 1.35 bits per heavy atom. The Balaban J connectivity index is 2.14. The number of carbonyl (C=O) groups is 1. The summed E-state index contributed by atoms with van der Waals surface area (Å²) in [6.07, 6.45) is -14.2. The van der Waals surface area contributed by atoms with Gasteiger partial charge in [-0.05, 0) is 43.3 Å². The van der Waals surface area contributed by atoms with E-state index in [1.807, 2.05) is 5.32 Å². The smallest absolute Gasteiger partial charge is 0.347 e. The van der Waals surface area contributed by atoms with Crippen molar-refractivity contribution in [2.24, 2.45) is 0 Å². The van der Waals surface area contributed by atoms with Gasteiger partial charge < -0.3 is 9.88 Å². The number of anilines is 1. The molecule has 0 spiro atoms. The molecule has 3 rings (SSSR count). The number of nitrogens with zero attached hydrogens (tertiary/aromatic N) is 1. The third-order valence-corrected chi connectivity index (χ3v) is 4.84. The Bertz CT molecular complexity index is 1290. The van der Waals surface area contributed by atoms with E-state index < -0.39 is 63.2 Å². The minimum absolute atomic E-state index is 0.0514. The zero-order chi connectivity index (χ0) is 25.6. The third kappa shape index (κ3) is 5.02. The summed E-state index contributed by atoms with van der Waals surface area (Å²) in [5.74, 6) is -1.39. The molecule has 1 heterocycles. The summed E-state index contributed by atoms with van der Waals surface area (Å²) in [6.45, 7) is 1.63. The lowest BCUT2D eigenvalue weighted by Gasteiger charge is -2.16. The molecule has 0 bridgehead atoms. The average molecular weight is 496 g/mol. The van der Waals surface area contributed by atoms with Gasteiger partial charge in [-0.25, -0.2) is 0 Å². The molecule has 0 unspecified atom stereocenters. The van der Waals surface area contributed by atoms with Crippen molar-refractivity contribution in [3.05, 3.63) is 75.1 Å². The van der Waals surface area contributed by atoms with E-state index in [4.69, 9.17) is 0 Å². The van der Waals surface area contributed by atoms with Gasteiger partial charge in [0.1, 0.15) is 5.56 Å². The van der Waals surface area contributed by atoms with Crippen LogP contribution in [0.3, 0.4) is 0 Å². The van der Waals surface area contributed by atoms with Gasteiger partial charge in [-0.3, -0.25) is 9.59 Å². The predicted octanol–water partition coefficient (Wildman–Crippen LogP) is 6.33. The van der Waals surface area contributed by atoms with E-state index in [-0.39, 0.29) is 30.3 Å². The van der Waals surface area contributed by atoms with Crippen LogP contribution in [0.4, 0.5) is 45.2 Å². The monoisotopic (exact) mass is 496 g/mol. The van der Waals surface area contributed by atoms with E-state index in [0.29, 0.717) is 6.07 Å². The second kappa shape index (κ2) is 8.37. The van der Waals surface area contributed by atoms with Gasteiger partial charge in [0.25, 0.3) is 5.91 Å². The fraction of sp³-hybridized carbons (Fsp3) is 0.238. The zero-order valence-corrected chi connectivity index (χ0v) is 16.9. The summed E-state index contributed by atoms with van der Waals surface area (Å²) in [7, 11) is 0. The van der Waals surface area contributed by atoms with Gasteiger partial charge in [-0.1, -0.05) is 0 Å². The molecule has 13 heteroatoms. The van der Waals surface area contributed by atoms with Crippen LogP contribution in [-0.4, -0.2) is 10.5 Å². The molecule has 182 valence electrons. The molecule has 0 fully saturated rings. The fourth-order valence-electron chi connectivity index (χ4n) is 3.22. The molecule has 1 amide bonds. The van der Waals surface area contributed by atoms with Crippen molar-refractivity contribution in [2.75, 3.05) is 5.32 Å². The number of carbonyl (C=O) groups excluding carboxylic acids is 1. The number of pyridine rings is 1. The highest BCUT2D eigenvalue weighted by atomic mass is 19.4. The lowest BCUT2D eigenvalue weighted by Crippen LogP contribution is -2.24. The van der Waals surface area contributed by atoms with Gasteiger partial charge in [0.15, 0.2) is 0 Å². The number of aryl methyl sites for hydroxylation is 1. The van der Waals surface area contributed by atoms with Crippen LogP contribution in [0.2, 0.25) is 0 Å². The first kappa shape index (κ1) is 25.1. The molecule has 0 aliphatic heterocycles. The van der Waals surface area contributed by atoms with E-state index in [1.54, 1.807) is 6.92 Å². The van der Waals surface area contributed by atoms with Crippen molar-refractivity contribution in [1.29, 1.82) is 0 Å². The second-order valence-electron chi connectivity index (χ2n) is 7.14. The van der Waals surface area contributed by atoms with Crippen LogP contribution in [0.5, 0.6) is 0 Å². The molecule has 0 atom stereocenters. The van der Waals surface area contributed by atoms with Crippen LogP contribution >= 0.6 is 0 Å². The lowest BCUT2D eigenvalue weighted by atomic mass is 10.1. The Kier molecular flexibility index (Phi) is 6.18. The highest BCUT2D eigenvalue weighted by molar-refractivity contribution is 6.05. The average Bonchev–Trinajstić information content (AvgIpc) is 2.71. The van der Waals surface area contributed by atoms with Crippen molar-refractivity contribution < 1.29 is 44.3 Å². The Hall–Kier alpha value is -3.51. The van der Waals surface area contributed by atoms with Gasteiger partial charge in [0.05, 0.1) is 22.2 Å². The molecule has 0 aliphatic carbocycles. The highest BCUT2D eigenvalue weighted by Gasteiger charge is 2.37. The SMILES string of the molecule is CCn1cc(C(=O)Nc2cc(C(F)(F)F)cc(C(F)(F)F)c2)c(=O)c2cc(C(F)(F)F)ccc21. The van der Waals surface area contributed by atoms with Crippen molar-refractivity contribution in [2.45, 2.75) is 32.0 Å². The summed E-state index contributed by atoms with van der Waals surface area (Å²) < 4.78 is 119. The van der Waals surface area contributed by atoms with Crippen LogP contribution in [0, 0.1) is 0 Å². The molecule has 2 aromatic carbocycles. The first-order valence-corrected chi connectivity index (χ1v) is 9.37. The van der Waals surface area contributed by atoms with E-state index in [0.717, 1.165) is 18.3 Å². The molecular formula is C21H13F9N2O2. The first-order valence-electron chi connectivity index (χ1n) is 9.37. The van der Waals surface area contributed by atoms with E-state index in [1.165, 1.54) is 4.57 Å². The Morgan fingerprint density at radius 1 is 0.824 bits per heavy atom. The largest absolute Gasteiger partial charge is 0.416 e. The standard InChI is InChI=1S/C21H13F9N2O2/c1-2-32-9-15(17(33)14-8-10(19(22,23)24)3-4-16(14)32)18(34)31-13-6-11(20(25,26)27)5-12(7-13)21(28,29)30/h3-9H,2H2,1H3,(H,31,34). The van der Waals surface area contributed by atoms with Gasteiger partial charge in [-0.15, -0.1) is 0 Å². The van der Waals surface area contributed by atoms with Crippen LogP contribution in [0.15, 0.2) is 47.4 Å². The number of halogens is 9. The number of rotatable bonds is 3. The quantitative estimate of drug-likeness (QED) is 0.431. The second-order valence-corrected chi connectivity index (χ2v) is 7.14. The minimum Gasteiger partial charge on any atom is -0.347 e. The summed E-state index contributed by atoms with van der Waals surface area (Å²) in [5, 5.41) is 1.31. The van der Waals surface area contributed by atoms with Crippen LogP contribution in [0.1, 0.15) is 34.0 Å². The van der Waals surface area contributed by atoms with E-state index >= 15 is 0 Å². The van der Waals surface area contributed by atoms with Crippen LogP contribution in [0.25, 0.3) is 10.9 Å².